The molecule has 0 spiro atoms. The first kappa shape index (κ1) is 22.0. The van der Waals surface area contributed by atoms with Crippen molar-refractivity contribution in [2.75, 3.05) is 7.11 Å². The van der Waals surface area contributed by atoms with E-state index >= 15 is 0 Å². The van der Waals surface area contributed by atoms with Crippen molar-refractivity contribution in [2.24, 2.45) is 22.7 Å². The largest absolute Gasteiger partial charge is 0.469 e. The molecule has 27 heavy (non-hydrogen) atoms. The summed E-state index contributed by atoms with van der Waals surface area (Å²) < 4.78 is 4.77. The lowest BCUT2D eigenvalue weighted by molar-refractivity contribution is -0.143. The fourth-order valence-electron chi connectivity index (χ4n) is 5.75. The molecule has 0 radical (unpaired) electrons. The zero-order chi connectivity index (χ0) is 20.2. The van der Waals surface area contributed by atoms with Crippen LogP contribution < -0.4 is 0 Å². The smallest absolute Gasteiger partial charge is 0.312 e. The van der Waals surface area contributed by atoms with Crippen LogP contribution in [0.2, 0.25) is 0 Å². The molecule has 0 aromatic rings. The minimum absolute atomic E-state index is 0.181. The minimum atomic E-state index is -0.188. The van der Waals surface area contributed by atoms with Crippen LogP contribution in [0.1, 0.15) is 86.5 Å². The summed E-state index contributed by atoms with van der Waals surface area (Å²) in [7, 11) is 1.44. The molecule has 0 aromatic carbocycles. The number of rotatable bonds is 6. The van der Waals surface area contributed by atoms with E-state index in [4.69, 9.17) is 4.74 Å². The molecule has 0 unspecified atom stereocenters. The van der Waals surface area contributed by atoms with Gasteiger partial charge in [-0.25, -0.2) is 0 Å². The fraction of sp³-hybridized carbons (Fsp3) is 0.720. The van der Waals surface area contributed by atoms with Gasteiger partial charge in [0.15, 0.2) is 0 Å². The van der Waals surface area contributed by atoms with E-state index in [1.165, 1.54) is 51.2 Å². The van der Waals surface area contributed by atoms with E-state index in [0.29, 0.717) is 10.8 Å². The highest BCUT2D eigenvalue weighted by Crippen LogP contribution is 2.60. The number of hydrogen-bond acceptors (Lipinski definition) is 2. The van der Waals surface area contributed by atoms with Crippen molar-refractivity contribution >= 4 is 5.97 Å². The average Bonchev–Trinajstić information content (AvgIpc) is 2.59. The summed E-state index contributed by atoms with van der Waals surface area (Å²) in [5.41, 5.74) is 5.63. The molecular weight excluding hydrogens is 332 g/mol. The first-order valence-electron chi connectivity index (χ1n) is 10.7. The second kappa shape index (κ2) is 8.80. The van der Waals surface area contributed by atoms with Crippen molar-refractivity contribution in [3.8, 4) is 0 Å². The molecule has 0 aliphatic heterocycles. The summed E-state index contributed by atoms with van der Waals surface area (Å²) in [5, 5.41) is 0. The Hall–Kier alpha value is -1.31. The SMILES string of the molecule is COC(=O)[C@H](C)/C=C/C=C(\C)CCC1=C(C)CC[C@@H]2C(C)(C)CCC[C@@]12C. The third-order valence-corrected chi connectivity index (χ3v) is 7.37. The Morgan fingerprint density at radius 1 is 1.30 bits per heavy atom. The molecule has 0 saturated heterocycles. The number of carbonyl (C=O) groups excluding carboxylic acids is 1. The van der Waals surface area contributed by atoms with Crippen LogP contribution in [0.25, 0.3) is 0 Å². The third kappa shape index (κ3) is 4.95. The number of allylic oxidation sites excluding steroid dienone is 5. The number of methoxy groups -OCH3 is 1. The topological polar surface area (TPSA) is 26.3 Å². The van der Waals surface area contributed by atoms with Crippen LogP contribution in [0.3, 0.4) is 0 Å². The van der Waals surface area contributed by atoms with Crippen LogP contribution in [0.15, 0.2) is 34.9 Å². The van der Waals surface area contributed by atoms with Crippen LogP contribution in [0.5, 0.6) is 0 Å². The molecule has 0 heterocycles. The monoisotopic (exact) mass is 372 g/mol. The van der Waals surface area contributed by atoms with E-state index in [9.17, 15) is 4.79 Å². The van der Waals surface area contributed by atoms with Gasteiger partial charge in [-0.1, -0.05) is 62.1 Å². The summed E-state index contributed by atoms with van der Waals surface area (Å²) in [5.74, 6) is 0.452. The van der Waals surface area contributed by atoms with Gasteiger partial charge in [0.1, 0.15) is 0 Å². The minimum Gasteiger partial charge on any atom is -0.469 e. The average molecular weight is 373 g/mol. The van der Waals surface area contributed by atoms with Gasteiger partial charge >= 0.3 is 5.97 Å². The van der Waals surface area contributed by atoms with Crippen LogP contribution in [-0.2, 0) is 9.53 Å². The van der Waals surface area contributed by atoms with Crippen LogP contribution in [0, 0.1) is 22.7 Å². The quantitative estimate of drug-likeness (QED) is 0.284. The van der Waals surface area contributed by atoms with E-state index in [-0.39, 0.29) is 11.9 Å². The van der Waals surface area contributed by atoms with Crippen molar-refractivity contribution in [2.45, 2.75) is 86.5 Å². The van der Waals surface area contributed by atoms with Gasteiger partial charge < -0.3 is 4.74 Å². The normalized spacial score (nSPS) is 29.6. The van der Waals surface area contributed by atoms with Gasteiger partial charge in [-0.3, -0.25) is 4.79 Å². The number of carbonyl (C=O) groups is 1. The van der Waals surface area contributed by atoms with E-state index < -0.39 is 0 Å². The Morgan fingerprint density at radius 3 is 2.67 bits per heavy atom. The third-order valence-electron chi connectivity index (χ3n) is 7.37. The van der Waals surface area contributed by atoms with E-state index in [0.717, 1.165) is 12.3 Å². The lowest BCUT2D eigenvalue weighted by Crippen LogP contribution is -2.45. The molecule has 0 bridgehead atoms. The Morgan fingerprint density at radius 2 is 2.00 bits per heavy atom. The molecule has 3 atom stereocenters. The second-order valence-corrected chi connectivity index (χ2v) is 9.82. The van der Waals surface area contributed by atoms with Crippen LogP contribution in [0.4, 0.5) is 0 Å². The van der Waals surface area contributed by atoms with Gasteiger partial charge in [-0.05, 0) is 76.0 Å². The highest BCUT2D eigenvalue weighted by Gasteiger charge is 2.49. The molecule has 1 saturated carbocycles. The molecule has 2 nitrogen and oxygen atoms in total. The number of esters is 1. The summed E-state index contributed by atoms with van der Waals surface area (Å²) >= 11 is 0. The van der Waals surface area contributed by atoms with Crippen molar-refractivity contribution in [3.05, 3.63) is 34.9 Å². The van der Waals surface area contributed by atoms with Gasteiger partial charge in [-0.15, -0.1) is 0 Å². The predicted molar refractivity (Wildman–Crippen MR) is 114 cm³/mol. The molecule has 1 fully saturated rings. The maximum atomic E-state index is 11.5. The summed E-state index contributed by atoms with van der Waals surface area (Å²) in [6, 6.07) is 0. The maximum Gasteiger partial charge on any atom is 0.312 e. The zero-order valence-corrected chi connectivity index (χ0v) is 18.7. The molecule has 2 heteroatoms. The van der Waals surface area contributed by atoms with Crippen molar-refractivity contribution < 1.29 is 9.53 Å². The lowest BCUT2D eigenvalue weighted by atomic mass is 9.50. The van der Waals surface area contributed by atoms with Gasteiger partial charge in [0.2, 0.25) is 0 Å². The highest BCUT2D eigenvalue weighted by molar-refractivity contribution is 5.73. The van der Waals surface area contributed by atoms with Gasteiger partial charge in [0.05, 0.1) is 13.0 Å². The van der Waals surface area contributed by atoms with Gasteiger partial charge in [0, 0.05) is 0 Å². The summed E-state index contributed by atoms with van der Waals surface area (Å²) in [6.45, 7) is 14.0. The lowest BCUT2D eigenvalue weighted by Gasteiger charge is -2.55. The molecule has 0 aromatic heterocycles. The van der Waals surface area contributed by atoms with Crippen molar-refractivity contribution in [1.29, 1.82) is 0 Å². The maximum absolute atomic E-state index is 11.5. The molecule has 0 amide bonds. The Balaban J connectivity index is 2.06. The first-order valence-corrected chi connectivity index (χ1v) is 10.7. The molecule has 152 valence electrons. The molecule has 2 rings (SSSR count). The van der Waals surface area contributed by atoms with Gasteiger partial charge in [0.25, 0.3) is 0 Å². The Labute approximate surface area is 167 Å². The van der Waals surface area contributed by atoms with Crippen LogP contribution >= 0.6 is 0 Å². The molecule has 0 N–H and O–H groups in total. The fourth-order valence-corrected chi connectivity index (χ4v) is 5.75. The standard InChI is InChI=1S/C25H40O2/c1-18(10-8-11-20(3)23(26)27-7)12-14-21-19(2)13-15-22-24(4,5)16-9-17-25(21,22)6/h8,10-11,20,22H,9,12-17H2,1-7H3/b11-8+,18-10+/t20-,22-,25+/m1/s1. The molecule has 2 aliphatic carbocycles. The number of hydrogen-bond donors (Lipinski definition) is 0. The first-order chi connectivity index (χ1) is 12.6. The Kier molecular flexibility index (Phi) is 7.16. The van der Waals surface area contributed by atoms with Crippen molar-refractivity contribution in [1.82, 2.24) is 0 Å². The van der Waals surface area contributed by atoms with E-state index in [1.807, 2.05) is 19.1 Å². The molecule has 2 aliphatic rings. The zero-order valence-electron chi connectivity index (χ0n) is 18.7. The van der Waals surface area contributed by atoms with E-state index in [1.54, 1.807) is 11.1 Å². The van der Waals surface area contributed by atoms with Gasteiger partial charge in [-0.2, -0.15) is 0 Å². The summed E-state index contributed by atoms with van der Waals surface area (Å²) in [6.07, 6.45) is 15.1. The van der Waals surface area contributed by atoms with E-state index in [2.05, 4.69) is 40.7 Å². The highest BCUT2D eigenvalue weighted by atomic mass is 16.5. The summed E-state index contributed by atoms with van der Waals surface area (Å²) in [4.78, 5) is 11.5. The predicted octanol–water partition coefficient (Wildman–Crippen LogP) is 7.02. The van der Waals surface area contributed by atoms with Crippen LogP contribution in [-0.4, -0.2) is 13.1 Å². The number of fused-ring (bicyclic) bond motifs is 1. The molecular formula is C25H40O2. The number of ether oxygens (including phenoxy) is 1. The van der Waals surface area contributed by atoms with Crippen molar-refractivity contribution in [3.63, 3.8) is 0 Å². The Bertz CT molecular complexity index is 635. The second-order valence-electron chi connectivity index (χ2n) is 9.82.